The van der Waals surface area contributed by atoms with E-state index in [2.05, 4.69) is 4.98 Å². The Kier molecular flexibility index (Phi) is 4.19. The van der Waals surface area contributed by atoms with Gasteiger partial charge in [-0.05, 0) is 38.8 Å². The van der Waals surface area contributed by atoms with Gasteiger partial charge in [-0.1, -0.05) is 6.07 Å². The number of rotatable bonds is 3. The number of aliphatic hydroxyl groups excluding tert-OH is 1. The lowest BCUT2D eigenvalue weighted by Gasteiger charge is -2.56. The largest absolute Gasteiger partial charge is 0.392 e. The molecule has 0 unspecified atom stereocenters. The van der Waals surface area contributed by atoms with Gasteiger partial charge >= 0.3 is 0 Å². The van der Waals surface area contributed by atoms with E-state index in [1.165, 1.54) is 0 Å². The van der Waals surface area contributed by atoms with Crippen LogP contribution in [0.3, 0.4) is 0 Å². The van der Waals surface area contributed by atoms with Gasteiger partial charge in [0.1, 0.15) is 5.69 Å². The van der Waals surface area contributed by atoms with Crippen LogP contribution < -0.4 is 0 Å². The normalized spacial score (nSPS) is 26.8. The fraction of sp³-hybridized carbons (Fsp3) is 0.647. The summed E-state index contributed by atoms with van der Waals surface area (Å²) in [4.78, 5) is 18.7. The molecular formula is C17H24N2O3. The van der Waals surface area contributed by atoms with Crippen molar-refractivity contribution in [3.05, 3.63) is 29.6 Å². The molecule has 1 N–H and O–H groups in total. The summed E-state index contributed by atoms with van der Waals surface area (Å²) in [6.07, 6.45) is 2.17. The van der Waals surface area contributed by atoms with Crippen molar-refractivity contribution >= 4 is 5.91 Å². The molecule has 2 fully saturated rings. The summed E-state index contributed by atoms with van der Waals surface area (Å²) < 4.78 is 5.76. The Morgan fingerprint density at radius 1 is 1.45 bits per heavy atom. The van der Waals surface area contributed by atoms with Gasteiger partial charge in [0.2, 0.25) is 0 Å². The number of hydrogen-bond donors (Lipinski definition) is 1. The van der Waals surface area contributed by atoms with Crippen LogP contribution in [0.4, 0.5) is 0 Å². The Labute approximate surface area is 131 Å². The molecule has 1 spiro atoms. The van der Waals surface area contributed by atoms with E-state index in [-0.39, 0.29) is 23.5 Å². The Morgan fingerprint density at radius 3 is 2.77 bits per heavy atom. The molecule has 0 radical (unpaired) electrons. The summed E-state index contributed by atoms with van der Waals surface area (Å²) in [5, 5.41) is 10.2. The van der Waals surface area contributed by atoms with Crippen molar-refractivity contribution in [3.8, 4) is 0 Å². The molecular weight excluding hydrogens is 280 g/mol. The fourth-order valence-corrected chi connectivity index (χ4v) is 3.77. The number of pyridine rings is 1. The molecule has 0 aromatic carbocycles. The van der Waals surface area contributed by atoms with Crippen LogP contribution >= 0.6 is 0 Å². The van der Waals surface area contributed by atoms with Crippen molar-refractivity contribution in [2.75, 3.05) is 19.7 Å². The second kappa shape index (κ2) is 5.97. The Hall–Kier alpha value is -1.46. The van der Waals surface area contributed by atoms with E-state index in [0.717, 1.165) is 25.0 Å². The average molecular weight is 304 g/mol. The summed E-state index contributed by atoms with van der Waals surface area (Å²) in [6, 6.07) is 5.52. The number of amides is 1. The van der Waals surface area contributed by atoms with E-state index < -0.39 is 0 Å². The average Bonchev–Trinajstić information content (AvgIpc) is 2.54. The van der Waals surface area contributed by atoms with Crippen molar-refractivity contribution in [2.24, 2.45) is 5.41 Å². The molecule has 1 aliphatic heterocycles. The molecule has 1 saturated heterocycles. The smallest absolute Gasteiger partial charge is 0.272 e. The molecule has 1 amide bonds. The van der Waals surface area contributed by atoms with E-state index in [1.54, 1.807) is 6.07 Å². The first kappa shape index (κ1) is 15.4. The molecule has 1 aromatic rings. The third kappa shape index (κ3) is 2.52. The van der Waals surface area contributed by atoms with Crippen LogP contribution in [0.1, 0.15) is 42.4 Å². The van der Waals surface area contributed by atoms with E-state index >= 15 is 0 Å². The maximum absolute atomic E-state index is 12.5. The second-order valence-corrected chi connectivity index (χ2v) is 6.39. The van der Waals surface area contributed by atoms with Gasteiger partial charge in [-0.25, -0.2) is 4.98 Å². The van der Waals surface area contributed by atoms with Crippen LogP contribution in [0.2, 0.25) is 0 Å². The minimum Gasteiger partial charge on any atom is -0.392 e. The van der Waals surface area contributed by atoms with Gasteiger partial charge in [-0.3, -0.25) is 4.79 Å². The van der Waals surface area contributed by atoms with Gasteiger partial charge in [0.05, 0.1) is 12.2 Å². The van der Waals surface area contributed by atoms with Crippen molar-refractivity contribution in [2.45, 2.75) is 45.3 Å². The highest BCUT2D eigenvalue weighted by molar-refractivity contribution is 5.92. The van der Waals surface area contributed by atoms with Gasteiger partial charge in [-0.2, -0.15) is 0 Å². The topological polar surface area (TPSA) is 62.7 Å². The number of carbonyl (C=O) groups excluding carboxylic acids is 1. The fourth-order valence-electron chi connectivity index (χ4n) is 3.77. The molecule has 5 heteroatoms. The predicted octanol–water partition coefficient (Wildman–Crippen LogP) is 1.78. The van der Waals surface area contributed by atoms with Crippen LogP contribution in [0.25, 0.3) is 0 Å². The van der Waals surface area contributed by atoms with Crippen molar-refractivity contribution < 1.29 is 14.6 Å². The van der Waals surface area contributed by atoms with Crippen molar-refractivity contribution in [1.29, 1.82) is 0 Å². The summed E-state index contributed by atoms with van der Waals surface area (Å²) in [5.74, 6) is -0.0136. The number of likely N-dealkylation sites (tertiary alicyclic amines) is 1. The lowest BCUT2D eigenvalue weighted by atomic mass is 9.58. The number of hydrogen-bond acceptors (Lipinski definition) is 4. The maximum atomic E-state index is 12.5. The monoisotopic (exact) mass is 304 g/mol. The summed E-state index contributed by atoms with van der Waals surface area (Å²) >= 11 is 0. The third-order valence-electron chi connectivity index (χ3n) is 5.20. The van der Waals surface area contributed by atoms with Crippen LogP contribution in [0.5, 0.6) is 0 Å². The molecule has 2 aliphatic rings. The molecule has 120 valence electrons. The molecule has 2 atom stereocenters. The highest BCUT2D eigenvalue weighted by atomic mass is 16.5. The molecule has 1 saturated carbocycles. The van der Waals surface area contributed by atoms with Gasteiger partial charge in [0.15, 0.2) is 0 Å². The molecule has 5 nitrogen and oxygen atoms in total. The number of piperidine rings is 1. The molecule has 3 rings (SSSR count). The number of ether oxygens (including phenoxy) is 1. The van der Waals surface area contributed by atoms with E-state index in [9.17, 15) is 9.90 Å². The molecule has 1 aliphatic carbocycles. The first-order valence-electron chi connectivity index (χ1n) is 8.09. The highest BCUT2D eigenvalue weighted by Crippen LogP contribution is 2.51. The van der Waals surface area contributed by atoms with Crippen molar-refractivity contribution in [1.82, 2.24) is 9.88 Å². The zero-order chi connectivity index (χ0) is 15.7. The maximum Gasteiger partial charge on any atom is 0.272 e. The number of aryl methyl sites for hydroxylation is 1. The quantitative estimate of drug-likeness (QED) is 0.924. The van der Waals surface area contributed by atoms with E-state index in [1.807, 2.05) is 30.9 Å². The Bertz CT molecular complexity index is 551. The molecule has 22 heavy (non-hydrogen) atoms. The van der Waals surface area contributed by atoms with Crippen LogP contribution in [0.15, 0.2) is 18.2 Å². The molecule has 1 aromatic heterocycles. The number of aliphatic hydroxyl groups is 1. The third-order valence-corrected chi connectivity index (χ3v) is 5.20. The standard InChI is InChI=1S/C17H24N2O3/c1-3-22-15-11-14(20)17(15)7-9-19(10-8-17)16(21)13-6-4-5-12(2)18-13/h4-6,14-15,20H,3,7-11H2,1-2H3/t14-,15-/m1/s1. The lowest BCUT2D eigenvalue weighted by Crippen LogP contribution is -2.62. The second-order valence-electron chi connectivity index (χ2n) is 6.39. The summed E-state index contributed by atoms with van der Waals surface area (Å²) in [6.45, 7) is 5.87. The van der Waals surface area contributed by atoms with Gasteiger partial charge in [0, 0.05) is 37.2 Å². The molecule has 2 heterocycles. The summed E-state index contributed by atoms with van der Waals surface area (Å²) in [7, 11) is 0. The predicted molar refractivity (Wildman–Crippen MR) is 82.6 cm³/mol. The molecule has 0 bridgehead atoms. The van der Waals surface area contributed by atoms with Crippen molar-refractivity contribution in [3.63, 3.8) is 0 Å². The Balaban J connectivity index is 1.65. The first-order valence-corrected chi connectivity index (χ1v) is 8.09. The SMILES string of the molecule is CCO[C@@H]1C[C@@H](O)C12CCN(C(=O)c1cccc(C)n1)CC2. The van der Waals surface area contributed by atoms with E-state index in [4.69, 9.17) is 4.74 Å². The minimum atomic E-state index is -0.293. The van der Waals surface area contributed by atoms with Gasteiger partial charge in [0.25, 0.3) is 5.91 Å². The van der Waals surface area contributed by atoms with Crippen LogP contribution in [-0.2, 0) is 4.74 Å². The zero-order valence-corrected chi connectivity index (χ0v) is 13.3. The van der Waals surface area contributed by atoms with Gasteiger partial charge < -0.3 is 14.7 Å². The lowest BCUT2D eigenvalue weighted by molar-refractivity contribution is -0.207. The zero-order valence-electron chi connectivity index (χ0n) is 13.3. The first-order chi connectivity index (χ1) is 10.6. The van der Waals surface area contributed by atoms with Crippen LogP contribution in [-0.4, -0.2) is 52.8 Å². The van der Waals surface area contributed by atoms with E-state index in [0.29, 0.717) is 25.4 Å². The van der Waals surface area contributed by atoms with Gasteiger partial charge in [-0.15, -0.1) is 0 Å². The highest BCUT2D eigenvalue weighted by Gasteiger charge is 2.56. The summed E-state index contributed by atoms with van der Waals surface area (Å²) in [5.41, 5.74) is 1.21. The number of carbonyl (C=O) groups is 1. The minimum absolute atomic E-state index is 0.0136. The number of aromatic nitrogens is 1. The Morgan fingerprint density at radius 2 is 2.18 bits per heavy atom. The van der Waals surface area contributed by atoms with Crippen LogP contribution in [0, 0.1) is 12.3 Å². The number of nitrogens with zero attached hydrogens (tertiary/aromatic N) is 2.